The van der Waals surface area contributed by atoms with Crippen LogP contribution < -0.4 is 15.2 Å². The normalized spacial score (nSPS) is 13.2. The van der Waals surface area contributed by atoms with E-state index in [2.05, 4.69) is 4.74 Å². The molecule has 4 N–H and O–H groups in total. The molecule has 1 amide bonds. The van der Waals surface area contributed by atoms with Gasteiger partial charge in [-0.1, -0.05) is 11.6 Å². The highest BCUT2D eigenvalue weighted by Crippen LogP contribution is 2.28. The highest BCUT2D eigenvalue weighted by atomic mass is 35.5. The van der Waals surface area contributed by atoms with Gasteiger partial charge in [-0.25, -0.2) is 13.1 Å². The molecule has 0 heterocycles. The predicted molar refractivity (Wildman–Crippen MR) is 68.5 cm³/mol. The van der Waals surface area contributed by atoms with Gasteiger partial charge in [-0.15, -0.1) is 0 Å². The summed E-state index contributed by atoms with van der Waals surface area (Å²) in [6.45, 7) is -3.74. The number of ether oxygens (including phenoxy) is 1. The van der Waals surface area contributed by atoms with E-state index in [0.717, 1.165) is 18.2 Å². The average Bonchev–Trinajstić information content (AvgIpc) is 2.37. The van der Waals surface area contributed by atoms with Crippen molar-refractivity contribution < 1.29 is 31.8 Å². The fourth-order valence-electron chi connectivity index (χ4n) is 1.21. The van der Waals surface area contributed by atoms with Gasteiger partial charge in [-0.05, 0) is 18.2 Å². The Labute approximate surface area is 123 Å². The summed E-state index contributed by atoms with van der Waals surface area (Å²) in [7, 11) is -4.10. The molecule has 21 heavy (non-hydrogen) atoms. The van der Waals surface area contributed by atoms with Gasteiger partial charge < -0.3 is 15.6 Å². The van der Waals surface area contributed by atoms with Gasteiger partial charge in [0, 0.05) is 6.54 Å². The molecule has 0 spiro atoms. The highest BCUT2D eigenvalue weighted by molar-refractivity contribution is 7.89. The molecule has 1 aromatic carbocycles. The molecule has 0 saturated heterocycles. The Balaban J connectivity index is 2.89. The summed E-state index contributed by atoms with van der Waals surface area (Å²) in [4.78, 5) is 10.2. The van der Waals surface area contributed by atoms with Crippen LogP contribution in [0, 0.1) is 0 Å². The number of carbonyl (C=O) groups is 1. The van der Waals surface area contributed by atoms with Crippen molar-refractivity contribution >= 4 is 27.5 Å². The van der Waals surface area contributed by atoms with Crippen molar-refractivity contribution in [3.05, 3.63) is 23.2 Å². The number of rotatable bonds is 7. The van der Waals surface area contributed by atoms with Crippen LogP contribution in [0.4, 0.5) is 8.78 Å². The third-order valence-electron chi connectivity index (χ3n) is 2.22. The Morgan fingerprint density at radius 3 is 2.57 bits per heavy atom. The minimum Gasteiger partial charge on any atom is -0.433 e. The number of carbonyl (C=O) groups excluding carboxylic acids is 1. The van der Waals surface area contributed by atoms with Crippen LogP contribution in [-0.2, 0) is 14.8 Å². The second-order valence-corrected chi connectivity index (χ2v) is 5.91. The van der Waals surface area contributed by atoms with Gasteiger partial charge in [0.1, 0.15) is 11.9 Å². The molecule has 1 atom stereocenters. The van der Waals surface area contributed by atoms with E-state index in [9.17, 15) is 22.0 Å². The number of aliphatic hydroxyl groups excluding tert-OH is 1. The first-order valence-electron chi connectivity index (χ1n) is 5.35. The zero-order valence-corrected chi connectivity index (χ0v) is 11.9. The van der Waals surface area contributed by atoms with Crippen LogP contribution in [0.5, 0.6) is 5.75 Å². The van der Waals surface area contributed by atoms with E-state index in [-0.39, 0.29) is 15.7 Å². The molecule has 0 aliphatic rings. The van der Waals surface area contributed by atoms with Gasteiger partial charge in [0.2, 0.25) is 15.9 Å². The lowest BCUT2D eigenvalue weighted by Gasteiger charge is -2.11. The van der Waals surface area contributed by atoms with E-state index in [1.807, 2.05) is 4.72 Å². The Kier molecular flexibility index (Phi) is 5.84. The lowest BCUT2D eigenvalue weighted by Crippen LogP contribution is -2.39. The number of sulfonamides is 1. The number of halogens is 3. The van der Waals surface area contributed by atoms with Crippen LogP contribution in [0.1, 0.15) is 0 Å². The van der Waals surface area contributed by atoms with Crippen LogP contribution in [0.2, 0.25) is 5.02 Å². The topological polar surface area (TPSA) is 119 Å². The number of hydrogen-bond acceptors (Lipinski definition) is 5. The molecule has 0 saturated carbocycles. The summed E-state index contributed by atoms with van der Waals surface area (Å²) in [5.41, 5.74) is 4.76. The van der Waals surface area contributed by atoms with Crippen molar-refractivity contribution in [3.63, 3.8) is 0 Å². The lowest BCUT2D eigenvalue weighted by molar-refractivity contribution is -0.125. The second kappa shape index (κ2) is 6.98. The first-order valence-corrected chi connectivity index (χ1v) is 7.21. The molecule has 118 valence electrons. The van der Waals surface area contributed by atoms with Crippen LogP contribution in [0.15, 0.2) is 23.1 Å². The first-order chi connectivity index (χ1) is 9.63. The number of amides is 1. The van der Waals surface area contributed by atoms with E-state index >= 15 is 0 Å². The van der Waals surface area contributed by atoms with Crippen LogP contribution >= 0.6 is 11.6 Å². The molecule has 1 unspecified atom stereocenters. The maximum absolute atomic E-state index is 12.0. The number of primary amides is 1. The molecule has 0 aliphatic heterocycles. The SMILES string of the molecule is NC(=O)C(O)CNS(=O)(=O)c1ccc(OC(F)F)c(Cl)c1. The smallest absolute Gasteiger partial charge is 0.387 e. The molecule has 0 fully saturated rings. The van der Waals surface area contributed by atoms with Crippen LogP contribution in [-0.4, -0.2) is 38.7 Å². The van der Waals surface area contributed by atoms with Gasteiger partial charge >= 0.3 is 6.61 Å². The van der Waals surface area contributed by atoms with Gasteiger partial charge in [-0.3, -0.25) is 4.79 Å². The zero-order chi connectivity index (χ0) is 16.2. The van der Waals surface area contributed by atoms with Crippen molar-refractivity contribution in [2.45, 2.75) is 17.6 Å². The molecule has 0 aliphatic carbocycles. The second-order valence-electron chi connectivity index (χ2n) is 3.74. The molecule has 1 aromatic rings. The molecule has 1 rings (SSSR count). The molecule has 0 aromatic heterocycles. The number of alkyl halides is 2. The predicted octanol–water partition coefficient (Wildman–Crippen LogP) is 0.0659. The largest absolute Gasteiger partial charge is 0.433 e. The van der Waals surface area contributed by atoms with E-state index in [4.69, 9.17) is 22.4 Å². The van der Waals surface area contributed by atoms with Gasteiger partial charge in [0.05, 0.1) is 9.92 Å². The van der Waals surface area contributed by atoms with Crippen molar-refractivity contribution in [2.75, 3.05) is 6.54 Å². The maximum atomic E-state index is 12.0. The zero-order valence-electron chi connectivity index (χ0n) is 10.3. The van der Waals surface area contributed by atoms with Crippen molar-refractivity contribution in [2.24, 2.45) is 5.73 Å². The van der Waals surface area contributed by atoms with E-state index in [1.54, 1.807) is 0 Å². The van der Waals surface area contributed by atoms with Crippen molar-refractivity contribution in [1.82, 2.24) is 4.72 Å². The molecular formula is C10H11ClF2N2O5S. The summed E-state index contributed by atoms with van der Waals surface area (Å²) in [5, 5.41) is 8.76. The summed E-state index contributed by atoms with van der Waals surface area (Å²) in [6, 6.07) is 2.81. The number of hydrogen-bond donors (Lipinski definition) is 3. The fourth-order valence-corrected chi connectivity index (χ4v) is 2.57. The minimum absolute atomic E-state index is 0.339. The number of benzene rings is 1. The molecule has 7 nitrogen and oxygen atoms in total. The van der Waals surface area contributed by atoms with E-state index in [0.29, 0.717) is 0 Å². The number of nitrogens with one attached hydrogen (secondary N) is 1. The molecule has 0 radical (unpaired) electrons. The Hall–Kier alpha value is -1.49. The van der Waals surface area contributed by atoms with E-state index < -0.39 is 35.2 Å². The quantitative estimate of drug-likeness (QED) is 0.646. The van der Waals surface area contributed by atoms with Gasteiger partial charge in [0.25, 0.3) is 0 Å². The van der Waals surface area contributed by atoms with Crippen LogP contribution in [0.3, 0.4) is 0 Å². The number of aliphatic hydroxyl groups is 1. The monoisotopic (exact) mass is 344 g/mol. The first kappa shape index (κ1) is 17.6. The average molecular weight is 345 g/mol. The minimum atomic E-state index is -4.10. The fraction of sp³-hybridized carbons (Fsp3) is 0.300. The summed E-state index contributed by atoms with van der Waals surface area (Å²) in [6.07, 6.45) is -1.70. The van der Waals surface area contributed by atoms with Crippen molar-refractivity contribution in [3.8, 4) is 5.75 Å². The Morgan fingerprint density at radius 1 is 1.48 bits per heavy atom. The Bertz CT molecular complexity index is 626. The van der Waals surface area contributed by atoms with Gasteiger partial charge in [0.15, 0.2) is 0 Å². The third kappa shape index (κ3) is 5.08. The van der Waals surface area contributed by atoms with E-state index in [1.165, 1.54) is 0 Å². The highest BCUT2D eigenvalue weighted by Gasteiger charge is 2.20. The molecule has 0 bridgehead atoms. The Morgan fingerprint density at radius 2 is 2.10 bits per heavy atom. The molecule has 11 heteroatoms. The third-order valence-corrected chi connectivity index (χ3v) is 3.94. The van der Waals surface area contributed by atoms with Crippen molar-refractivity contribution in [1.29, 1.82) is 0 Å². The maximum Gasteiger partial charge on any atom is 0.387 e. The number of nitrogens with two attached hydrogens (primary N) is 1. The molecular weight excluding hydrogens is 334 g/mol. The summed E-state index contributed by atoms with van der Waals surface area (Å²) in [5.74, 6) is -1.49. The van der Waals surface area contributed by atoms with Gasteiger partial charge in [-0.2, -0.15) is 8.78 Å². The summed E-state index contributed by atoms with van der Waals surface area (Å²) >= 11 is 5.62. The lowest BCUT2D eigenvalue weighted by atomic mass is 10.3. The standard InChI is InChI=1S/C10H11ClF2N2O5S/c11-6-3-5(1-2-8(6)20-10(12)13)21(18,19)15-4-7(16)9(14)17/h1-3,7,10,15-16H,4H2,(H2,14,17). The van der Waals surface area contributed by atoms with Crippen LogP contribution in [0.25, 0.3) is 0 Å². The summed E-state index contributed by atoms with van der Waals surface area (Å²) < 4.78 is 53.7.